The Hall–Kier alpha value is -1.35. The van der Waals surface area contributed by atoms with Gasteiger partial charge in [-0.2, -0.15) is 0 Å². The Labute approximate surface area is 114 Å². The molecule has 0 radical (unpaired) electrons. The van der Waals surface area contributed by atoms with Crippen molar-refractivity contribution >= 4 is 5.91 Å². The van der Waals surface area contributed by atoms with Gasteiger partial charge in [-0.3, -0.25) is 4.79 Å². The molecule has 19 heavy (non-hydrogen) atoms. The van der Waals surface area contributed by atoms with Crippen molar-refractivity contribution in [1.82, 2.24) is 5.32 Å². The molecule has 1 unspecified atom stereocenters. The Morgan fingerprint density at radius 3 is 2.89 bits per heavy atom. The molecular formula is C16H22N2O. The second-order valence-electron chi connectivity index (χ2n) is 6.15. The molecule has 0 aromatic heterocycles. The first-order valence-corrected chi connectivity index (χ1v) is 7.27. The first-order chi connectivity index (χ1) is 9.14. The van der Waals surface area contributed by atoms with Crippen LogP contribution in [0.4, 0.5) is 0 Å². The van der Waals surface area contributed by atoms with Gasteiger partial charge >= 0.3 is 0 Å². The molecule has 0 spiro atoms. The molecule has 1 fully saturated rings. The van der Waals surface area contributed by atoms with E-state index in [4.69, 9.17) is 5.73 Å². The highest BCUT2D eigenvalue weighted by molar-refractivity contribution is 5.96. The van der Waals surface area contributed by atoms with E-state index in [1.807, 2.05) is 12.1 Å². The highest BCUT2D eigenvalue weighted by Crippen LogP contribution is 2.39. The van der Waals surface area contributed by atoms with Crippen LogP contribution in [0.15, 0.2) is 18.2 Å². The summed E-state index contributed by atoms with van der Waals surface area (Å²) in [5.74, 6) is 0.608. The molecule has 3 rings (SSSR count). The van der Waals surface area contributed by atoms with E-state index < -0.39 is 0 Å². The number of hydrogen-bond donors (Lipinski definition) is 2. The third kappa shape index (κ3) is 2.27. The summed E-state index contributed by atoms with van der Waals surface area (Å²) in [6, 6.07) is 6.08. The third-order valence-corrected chi connectivity index (χ3v) is 4.69. The summed E-state index contributed by atoms with van der Waals surface area (Å²) in [6.07, 6.45) is 5.66. The van der Waals surface area contributed by atoms with Gasteiger partial charge in [0.15, 0.2) is 0 Å². The van der Waals surface area contributed by atoms with Crippen molar-refractivity contribution in [3.63, 3.8) is 0 Å². The number of fused-ring (bicyclic) bond motifs is 1. The monoisotopic (exact) mass is 258 g/mol. The van der Waals surface area contributed by atoms with Gasteiger partial charge in [0.1, 0.15) is 0 Å². The number of benzene rings is 1. The second-order valence-corrected chi connectivity index (χ2v) is 6.15. The molecule has 3 heteroatoms. The number of carbonyl (C=O) groups excluding carboxylic acids is 1. The van der Waals surface area contributed by atoms with Crippen LogP contribution in [0.1, 0.15) is 47.7 Å². The van der Waals surface area contributed by atoms with Crippen molar-refractivity contribution in [1.29, 1.82) is 0 Å². The molecule has 3 N–H and O–H groups in total. The average molecular weight is 258 g/mol. The number of aryl methyl sites for hydroxylation is 1. The molecule has 2 aliphatic carbocycles. The lowest BCUT2D eigenvalue weighted by atomic mass is 9.94. The summed E-state index contributed by atoms with van der Waals surface area (Å²) < 4.78 is 0. The van der Waals surface area contributed by atoms with Crippen LogP contribution in [-0.4, -0.2) is 18.0 Å². The quantitative estimate of drug-likeness (QED) is 0.868. The lowest BCUT2D eigenvalue weighted by molar-refractivity contribution is 0.0897. The predicted octanol–water partition coefficient (Wildman–Crippen LogP) is 2.03. The zero-order valence-corrected chi connectivity index (χ0v) is 11.5. The Bertz CT molecular complexity index is 507. The maximum absolute atomic E-state index is 12.5. The van der Waals surface area contributed by atoms with Crippen molar-refractivity contribution in [3.05, 3.63) is 34.9 Å². The number of carbonyl (C=O) groups is 1. The lowest BCUT2D eigenvalue weighted by Gasteiger charge is -2.30. The van der Waals surface area contributed by atoms with Crippen molar-refractivity contribution < 1.29 is 4.79 Å². The maximum atomic E-state index is 12.5. The van der Waals surface area contributed by atoms with E-state index in [1.165, 1.54) is 24.0 Å². The number of amides is 1. The average Bonchev–Trinajstić information content (AvgIpc) is 3.16. The van der Waals surface area contributed by atoms with Gasteiger partial charge in [0, 0.05) is 12.1 Å². The summed E-state index contributed by atoms with van der Waals surface area (Å²) in [7, 11) is 0. The Kier molecular flexibility index (Phi) is 3.09. The second kappa shape index (κ2) is 4.64. The minimum atomic E-state index is -0.238. The van der Waals surface area contributed by atoms with Crippen molar-refractivity contribution in [3.8, 4) is 0 Å². The molecule has 1 amide bonds. The highest BCUT2D eigenvalue weighted by atomic mass is 16.1. The molecule has 0 bridgehead atoms. The summed E-state index contributed by atoms with van der Waals surface area (Å²) in [5, 5.41) is 3.19. The fraction of sp³-hybridized carbons (Fsp3) is 0.562. The molecule has 3 nitrogen and oxygen atoms in total. The fourth-order valence-electron chi connectivity index (χ4n) is 3.20. The number of hydrogen-bond acceptors (Lipinski definition) is 2. The van der Waals surface area contributed by atoms with Gasteiger partial charge < -0.3 is 11.1 Å². The predicted molar refractivity (Wildman–Crippen MR) is 76.1 cm³/mol. The van der Waals surface area contributed by atoms with E-state index in [2.05, 4.69) is 18.3 Å². The summed E-state index contributed by atoms with van der Waals surface area (Å²) in [4.78, 5) is 12.5. The minimum Gasteiger partial charge on any atom is -0.345 e. The Balaban J connectivity index is 1.83. The smallest absolute Gasteiger partial charge is 0.252 e. The van der Waals surface area contributed by atoms with Gasteiger partial charge in [-0.1, -0.05) is 12.1 Å². The van der Waals surface area contributed by atoms with Crippen LogP contribution in [0.2, 0.25) is 0 Å². The first-order valence-electron chi connectivity index (χ1n) is 7.27. The summed E-state index contributed by atoms with van der Waals surface area (Å²) >= 11 is 0. The number of nitrogens with two attached hydrogens (primary N) is 1. The van der Waals surface area contributed by atoms with Crippen LogP contribution >= 0.6 is 0 Å². The molecule has 102 valence electrons. The van der Waals surface area contributed by atoms with Gasteiger partial charge in [0.05, 0.1) is 5.54 Å². The largest absolute Gasteiger partial charge is 0.345 e. The van der Waals surface area contributed by atoms with E-state index in [0.717, 1.165) is 24.8 Å². The first kappa shape index (κ1) is 12.7. The lowest BCUT2D eigenvalue weighted by Crippen LogP contribution is -2.53. The fourth-order valence-corrected chi connectivity index (χ4v) is 3.20. The van der Waals surface area contributed by atoms with Crippen molar-refractivity contribution in [2.75, 3.05) is 6.54 Å². The van der Waals surface area contributed by atoms with E-state index >= 15 is 0 Å². The van der Waals surface area contributed by atoms with Crippen molar-refractivity contribution in [2.24, 2.45) is 11.7 Å². The Morgan fingerprint density at radius 1 is 1.42 bits per heavy atom. The van der Waals surface area contributed by atoms with Crippen LogP contribution < -0.4 is 11.1 Å². The van der Waals surface area contributed by atoms with E-state index in [9.17, 15) is 4.79 Å². The topological polar surface area (TPSA) is 55.1 Å². The standard InChI is InChI=1S/C16H22N2O/c1-16(10-17,12-8-9-12)18-15(19)14-7-3-5-11-4-2-6-13(11)14/h3,5,7,12H,2,4,6,8-10,17H2,1H3,(H,18,19). The third-order valence-electron chi connectivity index (χ3n) is 4.69. The molecule has 1 saturated carbocycles. The van der Waals surface area contributed by atoms with E-state index in [1.54, 1.807) is 0 Å². The van der Waals surface area contributed by atoms with Crippen LogP contribution in [0.25, 0.3) is 0 Å². The van der Waals surface area contributed by atoms with Crippen LogP contribution in [0.3, 0.4) is 0 Å². The molecule has 0 heterocycles. The van der Waals surface area contributed by atoms with Gasteiger partial charge in [-0.25, -0.2) is 0 Å². The zero-order chi connectivity index (χ0) is 13.5. The molecule has 1 atom stereocenters. The normalized spacial score (nSPS) is 20.7. The van der Waals surface area contributed by atoms with Gasteiger partial charge in [0.2, 0.25) is 0 Å². The maximum Gasteiger partial charge on any atom is 0.252 e. The zero-order valence-electron chi connectivity index (χ0n) is 11.5. The molecule has 0 saturated heterocycles. The summed E-state index contributed by atoms with van der Waals surface area (Å²) in [5.41, 5.74) is 9.08. The summed E-state index contributed by atoms with van der Waals surface area (Å²) in [6.45, 7) is 2.59. The van der Waals surface area contributed by atoms with E-state index in [-0.39, 0.29) is 11.4 Å². The molecular weight excluding hydrogens is 236 g/mol. The molecule has 1 aromatic carbocycles. The van der Waals surface area contributed by atoms with Gasteiger partial charge in [0.25, 0.3) is 5.91 Å². The molecule has 2 aliphatic rings. The number of rotatable bonds is 4. The van der Waals surface area contributed by atoms with Crippen molar-refractivity contribution in [2.45, 2.75) is 44.6 Å². The van der Waals surface area contributed by atoms with Gasteiger partial charge in [-0.15, -0.1) is 0 Å². The van der Waals surface area contributed by atoms with Crippen LogP contribution in [0.5, 0.6) is 0 Å². The Morgan fingerprint density at radius 2 is 2.21 bits per heavy atom. The van der Waals surface area contributed by atoms with Crippen LogP contribution in [0, 0.1) is 5.92 Å². The highest BCUT2D eigenvalue weighted by Gasteiger charge is 2.41. The van der Waals surface area contributed by atoms with E-state index in [0.29, 0.717) is 12.5 Å². The minimum absolute atomic E-state index is 0.0543. The molecule has 0 aliphatic heterocycles. The van der Waals surface area contributed by atoms with Crippen LogP contribution in [-0.2, 0) is 12.8 Å². The molecule has 1 aromatic rings. The number of nitrogens with one attached hydrogen (secondary N) is 1. The van der Waals surface area contributed by atoms with Gasteiger partial charge in [-0.05, 0) is 62.1 Å². The SMILES string of the molecule is CC(CN)(NC(=O)c1cccc2c1CCC2)C1CC1.